The molecule has 1 aromatic heterocycles. The number of imide groups is 1. The lowest BCUT2D eigenvalue weighted by Gasteiger charge is -2.12. The van der Waals surface area contributed by atoms with Crippen LogP contribution in [0.3, 0.4) is 0 Å². The minimum atomic E-state index is -0.617. The molecule has 20 heavy (non-hydrogen) atoms. The third-order valence-corrected chi connectivity index (χ3v) is 3.57. The molecule has 100 valence electrons. The van der Waals surface area contributed by atoms with Gasteiger partial charge in [0.25, 0.3) is 11.1 Å². The highest BCUT2D eigenvalue weighted by Crippen LogP contribution is 2.36. The quantitative estimate of drug-likeness (QED) is 0.792. The Morgan fingerprint density at radius 3 is 2.65 bits per heavy atom. The lowest BCUT2D eigenvalue weighted by Crippen LogP contribution is -2.28. The van der Waals surface area contributed by atoms with Crippen LogP contribution in [0.4, 0.5) is 14.9 Å². The van der Waals surface area contributed by atoms with Crippen molar-refractivity contribution in [3.8, 4) is 0 Å². The molecule has 4 nitrogen and oxygen atoms in total. The second kappa shape index (κ2) is 4.97. The average molecular weight is 289 g/mol. The molecule has 0 aliphatic carbocycles. The molecule has 1 aliphatic heterocycles. The van der Waals surface area contributed by atoms with Crippen molar-refractivity contribution in [1.82, 2.24) is 0 Å². The highest BCUT2D eigenvalue weighted by molar-refractivity contribution is 8.19. The largest absolute Gasteiger partial charge is 0.465 e. The Balaban J connectivity index is 1.98. The number of amides is 2. The van der Waals surface area contributed by atoms with Gasteiger partial charge in [-0.25, -0.2) is 9.29 Å². The average Bonchev–Trinajstić information content (AvgIpc) is 3.01. The van der Waals surface area contributed by atoms with Crippen molar-refractivity contribution in [3.05, 3.63) is 59.1 Å². The van der Waals surface area contributed by atoms with Gasteiger partial charge in [-0.15, -0.1) is 0 Å². The number of carbonyl (C=O) groups is 2. The number of thioether (sulfide) groups is 1. The number of nitrogens with zero attached hydrogens (tertiary/aromatic N) is 1. The van der Waals surface area contributed by atoms with E-state index in [0.29, 0.717) is 5.76 Å². The number of halogens is 1. The van der Waals surface area contributed by atoms with Crippen LogP contribution in [0.5, 0.6) is 0 Å². The Hall–Kier alpha value is -2.34. The van der Waals surface area contributed by atoms with E-state index in [1.807, 2.05) is 0 Å². The molecule has 0 saturated carbocycles. The fraction of sp³-hybridized carbons (Fsp3) is 0. The first-order valence-corrected chi connectivity index (χ1v) is 6.54. The van der Waals surface area contributed by atoms with Crippen molar-refractivity contribution in [2.45, 2.75) is 0 Å². The molecular formula is C14H8FNO3S. The smallest absolute Gasteiger partial charge is 0.298 e. The molecule has 2 heterocycles. The van der Waals surface area contributed by atoms with E-state index in [1.165, 1.54) is 30.5 Å². The minimum Gasteiger partial charge on any atom is -0.465 e. The van der Waals surface area contributed by atoms with E-state index in [0.717, 1.165) is 16.7 Å². The molecule has 2 aromatic rings. The molecule has 6 heteroatoms. The first kappa shape index (κ1) is 12.7. The normalized spacial score (nSPS) is 17.2. The van der Waals surface area contributed by atoms with Crippen molar-refractivity contribution in [1.29, 1.82) is 0 Å². The fourth-order valence-corrected chi connectivity index (χ4v) is 2.63. The van der Waals surface area contributed by atoms with E-state index in [9.17, 15) is 14.0 Å². The Morgan fingerprint density at radius 1 is 1.15 bits per heavy atom. The predicted molar refractivity (Wildman–Crippen MR) is 73.6 cm³/mol. The summed E-state index contributed by atoms with van der Waals surface area (Å²) in [6, 6.07) is 8.99. The molecule has 0 bridgehead atoms. The molecule has 0 atom stereocenters. The van der Waals surface area contributed by atoms with Crippen LogP contribution in [0.1, 0.15) is 5.76 Å². The maximum Gasteiger partial charge on any atom is 0.298 e. The molecule has 0 unspecified atom stereocenters. The summed E-state index contributed by atoms with van der Waals surface area (Å²) in [6.45, 7) is 0. The van der Waals surface area contributed by atoms with Crippen LogP contribution >= 0.6 is 11.8 Å². The van der Waals surface area contributed by atoms with E-state index in [-0.39, 0.29) is 10.6 Å². The summed E-state index contributed by atoms with van der Waals surface area (Å²) in [4.78, 5) is 25.1. The number of benzene rings is 1. The molecule has 0 spiro atoms. The van der Waals surface area contributed by atoms with Crippen LogP contribution in [-0.2, 0) is 4.79 Å². The Labute approximate surface area is 117 Å². The highest BCUT2D eigenvalue weighted by Gasteiger charge is 2.37. The van der Waals surface area contributed by atoms with Gasteiger partial charge in [-0.05, 0) is 36.0 Å². The number of hydrogen-bond donors (Lipinski definition) is 0. The van der Waals surface area contributed by atoms with Crippen LogP contribution in [0.15, 0.2) is 52.0 Å². The second-order valence-electron chi connectivity index (χ2n) is 3.98. The third kappa shape index (κ3) is 2.14. The van der Waals surface area contributed by atoms with Gasteiger partial charge < -0.3 is 4.42 Å². The third-order valence-electron chi connectivity index (χ3n) is 2.70. The Kier molecular flexibility index (Phi) is 3.15. The van der Waals surface area contributed by atoms with Crippen molar-refractivity contribution >= 4 is 34.7 Å². The van der Waals surface area contributed by atoms with Gasteiger partial charge in [-0.3, -0.25) is 9.59 Å². The first-order chi connectivity index (χ1) is 9.66. The summed E-state index contributed by atoms with van der Waals surface area (Å²) < 4.78 is 18.8. The van der Waals surface area contributed by atoms with Crippen LogP contribution in [0, 0.1) is 5.82 Å². The van der Waals surface area contributed by atoms with Gasteiger partial charge >= 0.3 is 0 Å². The van der Waals surface area contributed by atoms with E-state index >= 15 is 0 Å². The molecule has 2 amide bonds. The van der Waals surface area contributed by atoms with Crippen molar-refractivity contribution in [2.75, 3.05) is 4.90 Å². The summed E-state index contributed by atoms with van der Waals surface area (Å²) in [5.41, 5.74) is -0.0437. The number of anilines is 1. The van der Waals surface area contributed by atoms with E-state index in [4.69, 9.17) is 4.42 Å². The van der Waals surface area contributed by atoms with Gasteiger partial charge in [0.05, 0.1) is 16.9 Å². The summed E-state index contributed by atoms with van der Waals surface area (Å²) in [6.07, 6.45) is 2.93. The van der Waals surface area contributed by atoms with Gasteiger partial charge in [0.1, 0.15) is 11.6 Å². The van der Waals surface area contributed by atoms with Gasteiger partial charge in [-0.1, -0.05) is 12.1 Å². The number of hydrogen-bond acceptors (Lipinski definition) is 4. The zero-order chi connectivity index (χ0) is 14.1. The summed E-state index contributed by atoms with van der Waals surface area (Å²) in [7, 11) is 0. The molecule has 1 aliphatic rings. The molecule has 1 fully saturated rings. The molecule has 1 aromatic carbocycles. The number of para-hydroxylation sites is 1. The number of carbonyl (C=O) groups excluding carboxylic acids is 2. The monoisotopic (exact) mass is 289 g/mol. The Morgan fingerprint density at radius 2 is 1.95 bits per heavy atom. The highest BCUT2D eigenvalue weighted by atomic mass is 32.2. The summed E-state index contributed by atoms with van der Waals surface area (Å²) >= 11 is 0.755. The SMILES string of the molecule is O=C1S/C(=C/c2ccco2)C(=O)N1c1ccccc1F. The fourth-order valence-electron chi connectivity index (χ4n) is 1.81. The lowest BCUT2D eigenvalue weighted by molar-refractivity contribution is -0.113. The Bertz CT molecular complexity index is 709. The van der Waals surface area contributed by atoms with Gasteiger partial charge in [0, 0.05) is 6.08 Å². The van der Waals surface area contributed by atoms with E-state index in [1.54, 1.807) is 18.2 Å². The zero-order valence-electron chi connectivity index (χ0n) is 10.1. The second-order valence-corrected chi connectivity index (χ2v) is 4.98. The maximum atomic E-state index is 13.7. The van der Waals surface area contributed by atoms with Crippen LogP contribution in [-0.4, -0.2) is 11.1 Å². The molecule has 3 rings (SSSR count). The predicted octanol–water partition coefficient (Wildman–Crippen LogP) is 3.66. The minimum absolute atomic E-state index is 0.0437. The van der Waals surface area contributed by atoms with E-state index in [2.05, 4.69) is 0 Å². The molecular weight excluding hydrogens is 281 g/mol. The van der Waals surface area contributed by atoms with Gasteiger partial charge in [0.15, 0.2) is 0 Å². The maximum absolute atomic E-state index is 13.7. The summed E-state index contributed by atoms with van der Waals surface area (Å²) in [5.74, 6) is -0.709. The lowest BCUT2D eigenvalue weighted by atomic mass is 10.2. The standard InChI is InChI=1S/C14H8FNO3S/c15-10-5-1-2-6-11(10)16-13(17)12(20-14(16)18)8-9-4-3-7-19-9/h1-8H/b12-8+. The van der Waals surface area contributed by atoms with Crippen LogP contribution in [0.25, 0.3) is 6.08 Å². The first-order valence-electron chi connectivity index (χ1n) is 5.73. The topological polar surface area (TPSA) is 50.5 Å². The molecule has 1 saturated heterocycles. The zero-order valence-corrected chi connectivity index (χ0v) is 10.9. The molecule has 0 N–H and O–H groups in total. The summed E-state index contributed by atoms with van der Waals surface area (Å²) in [5, 5.41) is -0.530. The van der Waals surface area contributed by atoms with Gasteiger partial charge in [0.2, 0.25) is 0 Å². The number of rotatable bonds is 2. The van der Waals surface area contributed by atoms with Crippen LogP contribution < -0.4 is 4.90 Å². The van der Waals surface area contributed by atoms with Crippen molar-refractivity contribution in [3.63, 3.8) is 0 Å². The van der Waals surface area contributed by atoms with Gasteiger partial charge in [-0.2, -0.15) is 0 Å². The molecule has 0 radical (unpaired) electrons. The van der Waals surface area contributed by atoms with Crippen molar-refractivity contribution in [2.24, 2.45) is 0 Å². The van der Waals surface area contributed by atoms with E-state index < -0.39 is 17.0 Å². The number of furan rings is 1. The van der Waals surface area contributed by atoms with Crippen LogP contribution in [0.2, 0.25) is 0 Å². The van der Waals surface area contributed by atoms with Crippen molar-refractivity contribution < 1.29 is 18.4 Å².